The number of furan rings is 1. The Hall–Kier alpha value is -4.05. The van der Waals surface area contributed by atoms with Gasteiger partial charge in [0.15, 0.2) is 11.0 Å². The number of benzene rings is 2. The molecule has 0 saturated heterocycles. The van der Waals surface area contributed by atoms with Gasteiger partial charge in [0, 0.05) is 11.8 Å². The van der Waals surface area contributed by atoms with E-state index in [4.69, 9.17) is 18.4 Å². The van der Waals surface area contributed by atoms with E-state index >= 15 is 0 Å². The van der Waals surface area contributed by atoms with Gasteiger partial charge < -0.3 is 18.4 Å². The average molecular weight is 476 g/mol. The Kier molecular flexibility index (Phi) is 6.05. The van der Waals surface area contributed by atoms with Crippen LogP contribution in [0, 0.1) is 6.92 Å². The van der Waals surface area contributed by atoms with Crippen molar-refractivity contribution in [2.45, 2.75) is 17.8 Å². The second-order valence-electron chi connectivity index (χ2n) is 7.23. The fourth-order valence-corrected chi connectivity index (χ4v) is 4.29. The molecule has 0 saturated carbocycles. The zero-order valence-corrected chi connectivity index (χ0v) is 19.6. The molecule has 0 radical (unpaired) electrons. The molecule has 0 spiro atoms. The Balaban J connectivity index is 1.42. The van der Waals surface area contributed by atoms with E-state index in [9.17, 15) is 0 Å². The summed E-state index contributed by atoms with van der Waals surface area (Å²) >= 11 is 1.45. The molecule has 0 fully saturated rings. The quantitative estimate of drug-likeness (QED) is 0.280. The number of thioether (sulfide) groups is 1. The molecule has 2 aromatic carbocycles. The Morgan fingerprint density at radius 3 is 2.56 bits per heavy atom. The van der Waals surface area contributed by atoms with Gasteiger partial charge in [-0.25, -0.2) is 0 Å². The number of rotatable bonds is 8. The third-order valence-corrected chi connectivity index (χ3v) is 6.10. The summed E-state index contributed by atoms with van der Waals surface area (Å²) in [7, 11) is 3.19. The predicted octanol–water partition coefficient (Wildman–Crippen LogP) is 5.20. The van der Waals surface area contributed by atoms with Gasteiger partial charge in [-0.2, -0.15) is 4.98 Å². The molecule has 0 aliphatic rings. The molecule has 0 unspecified atom stereocenters. The van der Waals surface area contributed by atoms with Gasteiger partial charge in [0.1, 0.15) is 17.3 Å². The number of methoxy groups -OCH3 is 2. The lowest BCUT2D eigenvalue weighted by molar-refractivity contribution is 0.388. The zero-order valence-electron chi connectivity index (χ0n) is 18.8. The van der Waals surface area contributed by atoms with Crippen molar-refractivity contribution in [2.24, 2.45) is 0 Å². The number of ether oxygens (including phenoxy) is 2. The standard InChI is InChI=1S/C24H21N5O4S/c1-15-18(11-12-32-15)23-26-27-24(29(23)16-7-5-4-6-8-16)34-14-21-25-22(28-33-21)19-10-9-17(30-2)13-20(19)31-3/h4-13H,14H2,1-3H3. The Bertz CT molecular complexity index is 1410. The van der Waals surface area contributed by atoms with Crippen molar-refractivity contribution in [3.63, 3.8) is 0 Å². The minimum Gasteiger partial charge on any atom is -0.497 e. The first-order valence-electron chi connectivity index (χ1n) is 10.4. The molecule has 34 heavy (non-hydrogen) atoms. The lowest BCUT2D eigenvalue weighted by Gasteiger charge is -2.09. The number of hydrogen-bond acceptors (Lipinski definition) is 9. The molecule has 3 heterocycles. The highest BCUT2D eigenvalue weighted by atomic mass is 32.2. The van der Waals surface area contributed by atoms with E-state index in [1.54, 1.807) is 26.5 Å². The monoisotopic (exact) mass is 475 g/mol. The van der Waals surface area contributed by atoms with Gasteiger partial charge in [-0.3, -0.25) is 4.57 Å². The normalized spacial score (nSPS) is 11.0. The second-order valence-corrected chi connectivity index (χ2v) is 8.18. The van der Waals surface area contributed by atoms with Crippen LogP contribution >= 0.6 is 11.8 Å². The first kappa shape index (κ1) is 21.8. The highest BCUT2D eigenvalue weighted by Crippen LogP contribution is 2.34. The molecule has 9 nitrogen and oxygen atoms in total. The van der Waals surface area contributed by atoms with Crippen LogP contribution < -0.4 is 9.47 Å². The third kappa shape index (κ3) is 4.15. The van der Waals surface area contributed by atoms with Crippen LogP contribution in [0.1, 0.15) is 11.7 Å². The van der Waals surface area contributed by atoms with E-state index in [1.165, 1.54) is 11.8 Å². The third-order valence-electron chi connectivity index (χ3n) is 5.19. The van der Waals surface area contributed by atoms with E-state index in [0.717, 1.165) is 17.0 Å². The van der Waals surface area contributed by atoms with Crippen molar-refractivity contribution in [3.05, 3.63) is 72.5 Å². The van der Waals surface area contributed by atoms with Gasteiger partial charge in [-0.1, -0.05) is 35.1 Å². The molecular weight excluding hydrogens is 454 g/mol. The van der Waals surface area contributed by atoms with Gasteiger partial charge in [0.25, 0.3) is 0 Å². The minimum atomic E-state index is 0.417. The summed E-state index contributed by atoms with van der Waals surface area (Å²) in [5.41, 5.74) is 2.54. The summed E-state index contributed by atoms with van der Waals surface area (Å²) in [5, 5.41) is 13.7. The number of hydrogen-bond donors (Lipinski definition) is 0. The van der Waals surface area contributed by atoms with E-state index in [1.807, 2.05) is 60.0 Å². The van der Waals surface area contributed by atoms with Crippen LogP contribution in [0.3, 0.4) is 0 Å². The number of nitrogens with zero attached hydrogens (tertiary/aromatic N) is 5. The first-order chi connectivity index (χ1) is 16.7. The van der Waals surface area contributed by atoms with Gasteiger partial charge in [-0.05, 0) is 37.3 Å². The number of para-hydroxylation sites is 1. The summed E-state index contributed by atoms with van der Waals surface area (Å²) in [4.78, 5) is 4.54. The van der Waals surface area contributed by atoms with E-state index < -0.39 is 0 Å². The number of aromatic nitrogens is 5. The molecule has 3 aromatic heterocycles. The molecule has 5 rings (SSSR count). The summed E-state index contributed by atoms with van der Waals surface area (Å²) in [6.07, 6.45) is 1.65. The summed E-state index contributed by atoms with van der Waals surface area (Å²) in [6, 6.07) is 17.3. The van der Waals surface area contributed by atoms with Crippen LogP contribution in [0.15, 0.2) is 75.0 Å². The average Bonchev–Trinajstić information content (AvgIpc) is 3.62. The fraction of sp³-hybridized carbons (Fsp3) is 0.167. The van der Waals surface area contributed by atoms with Crippen LogP contribution in [0.2, 0.25) is 0 Å². The Morgan fingerprint density at radius 1 is 0.971 bits per heavy atom. The fourth-order valence-electron chi connectivity index (χ4n) is 3.50. The highest BCUT2D eigenvalue weighted by Gasteiger charge is 2.20. The summed E-state index contributed by atoms with van der Waals surface area (Å²) < 4.78 is 23.7. The van der Waals surface area contributed by atoms with Crippen molar-refractivity contribution >= 4 is 11.8 Å². The SMILES string of the molecule is COc1ccc(-c2noc(CSc3nnc(-c4ccoc4C)n3-c3ccccc3)n2)c(OC)c1. The van der Waals surface area contributed by atoms with Gasteiger partial charge in [0.05, 0.1) is 37.4 Å². The molecule has 0 amide bonds. The molecule has 0 aliphatic carbocycles. The van der Waals surface area contributed by atoms with Gasteiger partial charge in [0.2, 0.25) is 11.7 Å². The minimum absolute atomic E-state index is 0.417. The predicted molar refractivity (Wildman–Crippen MR) is 126 cm³/mol. The van der Waals surface area contributed by atoms with Crippen LogP contribution in [-0.4, -0.2) is 39.1 Å². The van der Waals surface area contributed by atoms with Crippen molar-refractivity contribution in [3.8, 4) is 40.0 Å². The Morgan fingerprint density at radius 2 is 1.82 bits per heavy atom. The molecular formula is C24H21N5O4S. The maximum absolute atomic E-state index is 5.50. The number of aryl methyl sites for hydroxylation is 1. The maximum Gasteiger partial charge on any atom is 0.237 e. The maximum atomic E-state index is 5.50. The molecule has 10 heteroatoms. The molecule has 5 aromatic rings. The van der Waals surface area contributed by atoms with Gasteiger partial charge >= 0.3 is 0 Å². The van der Waals surface area contributed by atoms with E-state index in [-0.39, 0.29) is 0 Å². The summed E-state index contributed by atoms with van der Waals surface area (Å²) in [5.74, 6) is 4.08. The molecule has 0 aliphatic heterocycles. The first-order valence-corrected chi connectivity index (χ1v) is 11.4. The van der Waals surface area contributed by atoms with Crippen LogP contribution in [-0.2, 0) is 5.75 Å². The molecule has 172 valence electrons. The molecule has 0 N–H and O–H groups in total. The second kappa shape index (κ2) is 9.44. The van der Waals surface area contributed by atoms with Crippen LogP contribution in [0.25, 0.3) is 28.5 Å². The molecule has 0 atom stereocenters. The highest BCUT2D eigenvalue weighted by molar-refractivity contribution is 7.98. The van der Waals surface area contributed by atoms with Gasteiger partial charge in [-0.15, -0.1) is 10.2 Å². The van der Waals surface area contributed by atoms with Crippen molar-refractivity contribution in [1.82, 2.24) is 24.9 Å². The summed E-state index contributed by atoms with van der Waals surface area (Å²) in [6.45, 7) is 1.90. The van der Waals surface area contributed by atoms with E-state index in [0.29, 0.717) is 45.5 Å². The molecule has 0 bridgehead atoms. The van der Waals surface area contributed by atoms with Crippen molar-refractivity contribution in [1.29, 1.82) is 0 Å². The van der Waals surface area contributed by atoms with Crippen LogP contribution in [0.4, 0.5) is 0 Å². The van der Waals surface area contributed by atoms with Crippen LogP contribution in [0.5, 0.6) is 11.5 Å². The van der Waals surface area contributed by atoms with Crippen molar-refractivity contribution in [2.75, 3.05) is 14.2 Å². The Labute approximate surface area is 199 Å². The zero-order chi connectivity index (χ0) is 23.5. The lowest BCUT2D eigenvalue weighted by Crippen LogP contribution is -1.99. The topological polar surface area (TPSA) is 101 Å². The smallest absolute Gasteiger partial charge is 0.237 e. The lowest BCUT2D eigenvalue weighted by atomic mass is 10.2. The van der Waals surface area contributed by atoms with Crippen molar-refractivity contribution < 1.29 is 18.4 Å². The van der Waals surface area contributed by atoms with E-state index in [2.05, 4.69) is 20.3 Å². The largest absolute Gasteiger partial charge is 0.497 e.